The summed E-state index contributed by atoms with van der Waals surface area (Å²) in [6, 6.07) is 9.16. The maximum atomic E-state index is 11.8. The molecule has 1 aromatic carbocycles. The Morgan fingerprint density at radius 2 is 2.00 bits per heavy atom. The molecule has 0 saturated heterocycles. The number of benzene rings is 1. The average molecular weight is 237 g/mol. The van der Waals surface area contributed by atoms with Gasteiger partial charge in [-0.05, 0) is 32.9 Å². The lowest BCUT2D eigenvalue weighted by Crippen LogP contribution is -2.50. The van der Waals surface area contributed by atoms with E-state index in [0.29, 0.717) is 5.75 Å². The smallest absolute Gasteiger partial charge is 0.261 e. The summed E-state index contributed by atoms with van der Waals surface area (Å²) in [6.07, 6.45) is -0.594. The van der Waals surface area contributed by atoms with Crippen LogP contribution in [0.3, 0.4) is 0 Å². The van der Waals surface area contributed by atoms with Crippen LogP contribution in [0.1, 0.15) is 20.8 Å². The predicted octanol–water partition coefficient (Wildman–Crippen LogP) is 1.34. The second-order valence-corrected chi connectivity index (χ2v) is 4.60. The molecule has 1 rings (SSSR count). The molecule has 4 nitrogen and oxygen atoms in total. The maximum Gasteiger partial charge on any atom is 0.261 e. The van der Waals surface area contributed by atoms with Crippen LogP contribution < -0.4 is 10.1 Å². The Balaban J connectivity index is 2.54. The molecule has 0 aliphatic carbocycles. The van der Waals surface area contributed by atoms with E-state index in [1.165, 1.54) is 0 Å². The molecule has 0 heterocycles. The van der Waals surface area contributed by atoms with E-state index >= 15 is 0 Å². The van der Waals surface area contributed by atoms with Gasteiger partial charge in [-0.15, -0.1) is 0 Å². The molecule has 2 N–H and O–H groups in total. The van der Waals surface area contributed by atoms with E-state index in [9.17, 15) is 4.79 Å². The number of carbonyl (C=O) groups excluding carboxylic acids is 1. The minimum absolute atomic E-state index is 0.114. The summed E-state index contributed by atoms with van der Waals surface area (Å²) >= 11 is 0. The zero-order valence-electron chi connectivity index (χ0n) is 10.4. The summed E-state index contributed by atoms with van der Waals surface area (Å²) in [4.78, 5) is 11.8. The van der Waals surface area contributed by atoms with Gasteiger partial charge in [0, 0.05) is 0 Å². The maximum absolute atomic E-state index is 11.8. The van der Waals surface area contributed by atoms with Gasteiger partial charge in [0.15, 0.2) is 6.10 Å². The number of aliphatic hydroxyl groups is 1. The summed E-state index contributed by atoms with van der Waals surface area (Å²) in [5, 5.41) is 11.8. The van der Waals surface area contributed by atoms with Gasteiger partial charge >= 0.3 is 0 Å². The molecule has 94 valence electrons. The number of aliphatic hydroxyl groups excluding tert-OH is 1. The highest BCUT2D eigenvalue weighted by Crippen LogP contribution is 2.11. The zero-order chi connectivity index (χ0) is 12.9. The van der Waals surface area contributed by atoms with E-state index in [1.54, 1.807) is 32.9 Å². The van der Waals surface area contributed by atoms with E-state index in [4.69, 9.17) is 9.84 Å². The summed E-state index contributed by atoms with van der Waals surface area (Å²) in [5.41, 5.74) is -0.634. The van der Waals surface area contributed by atoms with Crippen molar-refractivity contribution in [2.45, 2.75) is 32.4 Å². The third-order valence-corrected chi connectivity index (χ3v) is 2.28. The van der Waals surface area contributed by atoms with E-state index in [0.717, 1.165) is 0 Å². The second kappa shape index (κ2) is 5.68. The van der Waals surface area contributed by atoms with Gasteiger partial charge in [0.05, 0.1) is 12.1 Å². The number of hydrogen-bond acceptors (Lipinski definition) is 3. The van der Waals surface area contributed by atoms with Crippen LogP contribution in [0.25, 0.3) is 0 Å². The van der Waals surface area contributed by atoms with Crippen molar-refractivity contribution in [1.82, 2.24) is 5.32 Å². The first-order valence-electron chi connectivity index (χ1n) is 5.59. The van der Waals surface area contributed by atoms with Gasteiger partial charge in [-0.3, -0.25) is 4.79 Å². The Kier molecular flexibility index (Phi) is 4.52. The monoisotopic (exact) mass is 237 g/mol. The number of carbonyl (C=O) groups is 1. The highest BCUT2D eigenvalue weighted by atomic mass is 16.5. The largest absolute Gasteiger partial charge is 0.481 e. The fourth-order valence-electron chi connectivity index (χ4n) is 1.23. The summed E-state index contributed by atoms with van der Waals surface area (Å²) in [7, 11) is 0. The van der Waals surface area contributed by atoms with Crippen LogP contribution in [0.5, 0.6) is 5.75 Å². The van der Waals surface area contributed by atoms with Crippen molar-refractivity contribution in [3.8, 4) is 5.75 Å². The predicted molar refractivity (Wildman–Crippen MR) is 65.8 cm³/mol. The van der Waals surface area contributed by atoms with Crippen LogP contribution in [0.2, 0.25) is 0 Å². The van der Waals surface area contributed by atoms with Gasteiger partial charge in [0.25, 0.3) is 5.91 Å². The van der Waals surface area contributed by atoms with Crippen molar-refractivity contribution in [1.29, 1.82) is 0 Å². The molecule has 0 saturated carbocycles. The van der Waals surface area contributed by atoms with Gasteiger partial charge in [0.1, 0.15) is 5.75 Å². The first-order valence-corrected chi connectivity index (χ1v) is 5.59. The van der Waals surface area contributed by atoms with Gasteiger partial charge in [-0.1, -0.05) is 18.2 Å². The Bertz CT molecular complexity index is 362. The van der Waals surface area contributed by atoms with Crippen LogP contribution in [-0.2, 0) is 4.79 Å². The van der Waals surface area contributed by atoms with Crippen LogP contribution in [-0.4, -0.2) is 29.3 Å². The molecule has 4 heteroatoms. The molecule has 17 heavy (non-hydrogen) atoms. The summed E-state index contributed by atoms with van der Waals surface area (Å²) in [5.74, 6) is 0.407. The lowest BCUT2D eigenvalue weighted by atomic mass is 10.1. The molecular formula is C13H19NO3. The fraction of sp³-hybridized carbons (Fsp3) is 0.462. The molecular weight excluding hydrogens is 218 g/mol. The van der Waals surface area contributed by atoms with Crippen LogP contribution in [0.4, 0.5) is 0 Å². The third kappa shape index (κ3) is 4.44. The Hall–Kier alpha value is -1.55. The normalized spacial score (nSPS) is 12.9. The summed E-state index contributed by atoms with van der Waals surface area (Å²) < 4.78 is 5.47. The lowest BCUT2D eigenvalue weighted by molar-refractivity contribution is -0.129. The molecule has 0 radical (unpaired) electrons. The Labute approximate surface area is 102 Å². The minimum atomic E-state index is -0.634. The number of ether oxygens (including phenoxy) is 1. The summed E-state index contributed by atoms with van der Waals surface area (Å²) in [6.45, 7) is 5.06. The van der Waals surface area contributed by atoms with Crippen LogP contribution >= 0.6 is 0 Å². The van der Waals surface area contributed by atoms with Crippen LogP contribution in [0, 0.1) is 0 Å². The molecule has 1 amide bonds. The van der Waals surface area contributed by atoms with Crippen molar-refractivity contribution in [2.24, 2.45) is 0 Å². The number of nitrogens with one attached hydrogen (secondary N) is 1. The highest BCUT2D eigenvalue weighted by molar-refractivity contribution is 5.81. The van der Waals surface area contributed by atoms with Gasteiger partial charge in [-0.25, -0.2) is 0 Å². The van der Waals surface area contributed by atoms with E-state index < -0.39 is 11.6 Å². The highest BCUT2D eigenvalue weighted by Gasteiger charge is 2.23. The Morgan fingerprint density at radius 1 is 1.41 bits per heavy atom. The van der Waals surface area contributed by atoms with E-state index in [1.807, 2.05) is 18.2 Å². The lowest BCUT2D eigenvalue weighted by Gasteiger charge is -2.25. The number of rotatable bonds is 5. The number of para-hydroxylation sites is 1. The van der Waals surface area contributed by atoms with Crippen molar-refractivity contribution in [3.05, 3.63) is 30.3 Å². The average Bonchev–Trinajstić information content (AvgIpc) is 2.30. The molecule has 0 aliphatic rings. The minimum Gasteiger partial charge on any atom is -0.481 e. The van der Waals surface area contributed by atoms with Crippen molar-refractivity contribution in [2.75, 3.05) is 6.61 Å². The topological polar surface area (TPSA) is 58.6 Å². The van der Waals surface area contributed by atoms with Gasteiger partial charge in [-0.2, -0.15) is 0 Å². The molecule has 0 aromatic heterocycles. The van der Waals surface area contributed by atoms with Gasteiger partial charge in [0.2, 0.25) is 0 Å². The number of amides is 1. The van der Waals surface area contributed by atoms with E-state index in [2.05, 4.69) is 5.32 Å². The second-order valence-electron chi connectivity index (χ2n) is 4.60. The number of hydrogen-bond donors (Lipinski definition) is 2. The molecule has 0 bridgehead atoms. The molecule has 1 unspecified atom stereocenters. The molecule has 0 aliphatic heterocycles. The molecule has 1 aromatic rings. The molecule has 1 atom stereocenters. The van der Waals surface area contributed by atoms with Crippen molar-refractivity contribution < 1.29 is 14.6 Å². The fourth-order valence-corrected chi connectivity index (χ4v) is 1.23. The van der Waals surface area contributed by atoms with Crippen molar-refractivity contribution in [3.63, 3.8) is 0 Å². The Morgan fingerprint density at radius 3 is 2.53 bits per heavy atom. The van der Waals surface area contributed by atoms with E-state index in [-0.39, 0.29) is 12.5 Å². The SMILES string of the molecule is CC(Oc1ccccc1)C(=O)NC(C)(C)CO. The third-order valence-electron chi connectivity index (χ3n) is 2.28. The molecule has 0 spiro atoms. The molecule has 0 fully saturated rings. The first-order chi connectivity index (χ1) is 7.94. The van der Waals surface area contributed by atoms with Gasteiger partial charge < -0.3 is 15.2 Å². The first kappa shape index (κ1) is 13.5. The van der Waals surface area contributed by atoms with Crippen LogP contribution in [0.15, 0.2) is 30.3 Å². The standard InChI is InChI=1S/C13H19NO3/c1-10(12(16)14-13(2,3)9-15)17-11-7-5-4-6-8-11/h4-8,10,15H,9H2,1-3H3,(H,14,16). The zero-order valence-corrected chi connectivity index (χ0v) is 10.4. The quantitative estimate of drug-likeness (QED) is 0.812. The van der Waals surface area contributed by atoms with Crippen molar-refractivity contribution >= 4 is 5.91 Å².